The van der Waals surface area contributed by atoms with Crippen molar-refractivity contribution in [3.63, 3.8) is 0 Å². The highest BCUT2D eigenvalue weighted by Gasteiger charge is 2.02. The van der Waals surface area contributed by atoms with Crippen molar-refractivity contribution in [3.8, 4) is 0 Å². The molecule has 0 bridgehead atoms. The summed E-state index contributed by atoms with van der Waals surface area (Å²) in [6, 6.07) is 0. The molecule has 0 atom stereocenters. The van der Waals surface area contributed by atoms with Gasteiger partial charge in [0, 0.05) is 9.85 Å². The van der Waals surface area contributed by atoms with Crippen molar-refractivity contribution in [2.24, 2.45) is 0 Å². The lowest BCUT2D eigenvalue weighted by atomic mass is 10.7. The molecule has 0 saturated carbocycles. The van der Waals surface area contributed by atoms with Crippen LogP contribution in [0.2, 0.25) is 9.36 Å². The Balaban J connectivity index is 3.19. The van der Waals surface area contributed by atoms with E-state index in [2.05, 4.69) is 15.9 Å². The van der Waals surface area contributed by atoms with Gasteiger partial charge in [0.2, 0.25) is 0 Å². The highest BCUT2D eigenvalue weighted by molar-refractivity contribution is 9.10. The van der Waals surface area contributed by atoms with Gasteiger partial charge < -0.3 is 0 Å². The topological polar surface area (TPSA) is 0 Å². The quantitative estimate of drug-likeness (QED) is 0.637. The van der Waals surface area contributed by atoms with Gasteiger partial charge in [-0.3, -0.25) is 0 Å². The third-order valence-electron chi connectivity index (χ3n) is 0.648. The molecule has 0 saturated heterocycles. The SMILES string of the molecule is Clc1scc(Br)c1Cl. The van der Waals surface area contributed by atoms with E-state index in [0.717, 1.165) is 4.47 Å². The lowest BCUT2D eigenvalue weighted by Crippen LogP contribution is -1.50. The zero-order chi connectivity index (χ0) is 6.15. The molecule has 4 heteroatoms. The van der Waals surface area contributed by atoms with Crippen LogP contribution in [-0.2, 0) is 0 Å². The van der Waals surface area contributed by atoms with Crippen LogP contribution in [-0.4, -0.2) is 0 Å². The Labute approximate surface area is 69.5 Å². The van der Waals surface area contributed by atoms with Crippen molar-refractivity contribution in [2.45, 2.75) is 0 Å². The minimum absolute atomic E-state index is 0.608. The van der Waals surface area contributed by atoms with E-state index in [-0.39, 0.29) is 0 Å². The second kappa shape index (κ2) is 2.56. The standard InChI is InChI=1S/C4HBrCl2S/c5-2-1-8-4(7)3(2)6/h1H. The van der Waals surface area contributed by atoms with Gasteiger partial charge in [-0.15, -0.1) is 11.3 Å². The highest BCUT2D eigenvalue weighted by Crippen LogP contribution is 2.35. The molecule has 8 heavy (non-hydrogen) atoms. The lowest BCUT2D eigenvalue weighted by molar-refractivity contribution is 1.89. The third-order valence-corrected chi connectivity index (χ3v) is 3.63. The maximum Gasteiger partial charge on any atom is 0.113 e. The molecular weight excluding hydrogens is 231 g/mol. The first-order chi connectivity index (χ1) is 3.72. The predicted molar refractivity (Wildman–Crippen MR) is 42.0 cm³/mol. The highest BCUT2D eigenvalue weighted by atomic mass is 79.9. The number of hydrogen-bond donors (Lipinski definition) is 0. The summed E-state index contributed by atoms with van der Waals surface area (Å²) in [6.07, 6.45) is 0. The average Bonchev–Trinajstić information content (AvgIpc) is 1.98. The first kappa shape index (κ1) is 6.87. The summed E-state index contributed by atoms with van der Waals surface area (Å²) in [5.41, 5.74) is 0. The Hall–Kier alpha value is 0.760. The number of halogens is 3. The third kappa shape index (κ3) is 1.18. The van der Waals surface area contributed by atoms with Gasteiger partial charge >= 0.3 is 0 Å². The van der Waals surface area contributed by atoms with Crippen LogP contribution >= 0.6 is 50.5 Å². The van der Waals surface area contributed by atoms with Gasteiger partial charge in [0.15, 0.2) is 0 Å². The fraction of sp³-hybridized carbons (Fsp3) is 0. The van der Waals surface area contributed by atoms with Gasteiger partial charge in [-0.2, -0.15) is 0 Å². The Morgan fingerprint density at radius 1 is 1.50 bits per heavy atom. The molecule has 1 rings (SSSR count). The summed E-state index contributed by atoms with van der Waals surface area (Å²) in [6.45, 7) is 0. The fourth-order valence-corrected chi connectivity index (χ4v) is 2.05. The van der Waals surface area contributed by atoms with Crippen LogP contribution in [0.1, 0.15) is 0 Å². The molecule has 0 N–H and O–H groups in total. The van der Waals surface area contributed by atoms with Crippen molar-refractivity contribution < 1.29 is 0 Å². The minimum atomic E-state index is 0.608. The van der Waals surface area contributed by atoms with E-state index in [1.807, 2.05) is 5.38 Å². The molecule has 1 aromatic heterocycles. The molecule has 0 radical (unpaired) electrons. The molecular formula is C4HBrCl2S. The minimum Gasteiger partial charge on any atom is -0.129 e. The van der Waals surface area contributed by atoms with E-state index < -0.39 is 0 Å². The van der Waals surface area contributed by atoms with Crippen LogP contribution in [0.25, 0.3) is 0 Å². The number of thiophene rings is 1. The largest absolute Gasteiger partial charge is 0.129 e. The number of rotatable bonds is 0. The Kier molecular flexibility index (Phi) is 2.20. The molecule has 0 amide bonds. The van der Waals surface area contributed by atoms with E-state index in [9.17, 15) is 0 Å². The first-order valence-electron chi connectivity index (χ1n) is 1.80. The molecule has 44 valence electrons. The Morgan fingerprint density at radius 3 is 2.25 bits per heavy atom. The molecule has 0 aromatic carbocycles. The van der Waals surface area contributed by atoms with Gasteiger partial charge in [-0.05, 0) is 15.9 Å². The molecule has 0 fully saturated rings. The maximum absolute atomic E-state index is 5.62. The smallest absolute Gasteiger partial charge is 0.113 e. The fourth-order valence-electron chi connectivity index (χ4n) is 0.301. The summed E-state index contributed by atoms with van der Waals surface area (Å²) < 4.78 is 1.51. The summed E-state index contributed by atoms with van der Waals surface area (Å²) >= 11 is 15.8. The van der Waals surface area contributed by atoms with E-state index >= 15 is 0 Å². The van der Waals surface area contributed by atoms with Crippen molar-refractivity contribution in [2.75, 3.05) is 0 Å². The van der Waals surface area contributed by atoms with E-state index in [1.165, 1.54) is 11.3 Å². The summed E-state index contributed by atoms with van der Waals surface area (Å²) in [7, 11) is 0. The molecule has 0 nitrogen and oxygen atoms in total. The van der Waals surface area contributed by atoms with Gasteiger partial charge in [0.25, 0.3) is 0 Å². The molecule has 1 aromatic rings. The number of hydrogen-bond acceptors (Lipinski definition) is 1. The Bertz CT molecular complexity index is 176. The summed E-state index contributed by atoms with van der Waals surface area (Å²) in [5.74, 6) is 0. The zero-order valence-electron chi connectivity index (χ0n) is 3.62. The predicted octanol–water partition coefficient (Wildman–Crippen LogP) is 3.82. The van der Waals surface area contributed by atoms with Crippen molar-refractivity contribution >= 4 is 50.5 Å². The first-order valence-corrected chi connectivity index (χ1v) is 4.22. The molecule has 1 heterocycles. The van der Waals surface area contributed by atoms with Gasteiger partial charge in [-0.1, -0.05) is 23.2 Å². The molecule has 0 spiro atoms. The second-order valence-corrected chi connectivity index (χ2v) is 3.89. The zero-order valence-corrected chi connectivity index (χ0v) is 7.53. The monoisotopic (exact) mass is 230 g/mol. The molecule has 0 aliphatic heterocycles. The van der Waals surface area contributed by atoms with Crippen molar-refractivity contribution in [1.29, 1.82) is 0 Å². The normalized spacial score (nSPS) is 9.88. The van der Waals surface area contributed by atoms with Gasteiger partial charge in [0.1, 0.15) is 4.34 Å². The summed E-state index contributed by atoms with van der Waals surface area (Å²) in [5, 5.41) is 2.46. The van der Waals surface area contributed by atoms with Crippen LogP contribution in [0.5, 0.6) is 0 Å². The average molecular weight is 232 g/mol. The molecule has 0 aliphatic rings. The maximum atomic E-state index is 5.62. The van der Waals surface area contributed by atoms with Crippen molar-refractivity contribution in [1.82, 2.24) is 0 Å². The van der Waals surface area contributed by atoms with Crippen LogP contribution in [0.4, 0.5) is 0 Å². The second-order valence-electron chi connectivity index (χ2n) is 1.17. The van der Waals surface area contributed by atoms with E-state index in [4.69, 9.17) is 23.2 Å². The van der Waals surface area contributed by atoms with Crippen LogP contribution in [0.3, 0.4) is 0 Å². The van der Waals surface area contributed by atoms with Crippen molar-refractivity contribution in [3.05, 3.63) is 19.2 Å². The van der Waals surface area contributed by atoms with Crippen LogP contribution < -0.4 is 0 Å². The van der Waals surface area contributed by atoms with Gasteiger partial charge in [-0.25, -0.2) is 0 Å². The molecule has 0 aliphatic carbocycles. The van der Waals surface area contributed by atoms with Crippen LogP contribution in [0, 0.1) is 0 Å². The lowest BCUT2D eigenvalue weighted by Gasteiger charge is -1.79. The van der Waals surface area contributed by atoms with E-state index in [1.54, 1.807) is 0 Å². The molecule has 0 unspecified atom stereocenters. The van der Waals surface area contributed by atoms with E-state index in [0.29, 0.717) is 9.36 Å². The summed E-state index contributed by atoms with van der Waals surface area (Å²) in [4.78, 5) is 0. The van der Waals surface area contributed by atoms with Crippen LogP contribution in [0.15, 0.2) is 9.85 Å². The Morgan fingerprint density at radius 2 is 2.12 bits per heavy atom. The van der Waals surface area contributed by atoms with Gasteiger partial charge in [0.05, 0.1) is 5.02 Å².